The molecule has 3 atom stereocenters. The van der Waals surface area contributed by atoms with Gasteiger partial charge in [0.1, 0.15) is 18.5 Å². The van der Waals surface area contributed by atoms with Crippen molar-refractivity contribution in [3.8, 4) is 11.5 Å². The number of carbonyl (C=O) groups is 2. The number of nitrogens with zero attached hydrogens (tertiary/aromatic N) is 1. The zero-order valence-corrected chi connectivity index (χ0v) is 24.4. The number of methoxy groups -OCH3 is 2. The summed E-state index contributed by atoms with van der Waals surface area (Å²) in [6.07, 6.45) is 7.48. The first-order valence-electron chi connectivity index (χ1n) is 13.6. The minimum absolute atomic E-state index is 0.0375. The summed E-state index contributed by atoms with van der Waals surface area (Å²) in [5.41, 5.74) is 7.43. The van der Waals surface area contributed by atoms with Gasteiger partial charge in [-0.25, -0.2) is 0 Å². The van der Waals surface area contributed by atoms with Crippen molar-refractivity contribution in [2.24, 2.45) is 5.73 Å². The van der Waals surface area contributed by atoms with E-state index in [1.54, 1.807) is 27.0 Å². The zero-order chi connectivity index (χ0) is 28.5. The predicted molar refractivity (Wildman–Crippen MR) is 151 cm³/mol. The molecule has 0 aromatic heterocycles. The first kappa shape index (κ1) is 30.8. The van der Waals surface area contributed by atoms with E-state index in [4.69, 9.17) is 36.3 Å². The molecule has 1 aromatic carbocycles. The lowest BCUT2D eigenvalue weighted by Gasteiger charge is -2.30. The number of nitrogens with one attached hydrogen (secondary N) is 1. The number of rotatable bonds is 13. The lowest BCUT2D eigenvalue weighted by atomic mass is 10.0. The van der Waals surface area contributed by atoms with Crippen LogP contribution < -0.4 is 20.5 Å². The molecule has 2 aliphatic heterocycles. The molecule has 1 unspecified atom stereocenters. The fourth-order valence-electron chi connectivity index (χ4n) is 5.18. The number of halogens is 1. The van der Waals surface area contributed by atoms with Crippen LogP contribution in [0.25, 0.3) is 0 Å². The van der Waals surface area contributed by atoms with E-state index in [0.29, 0.717) is 64.1 Å². The first-order valence-corrected chi connectivity index (χ1v) is 13.9. The average Bonchev–Trinajstić information content (AvgIpc) is 3.41. The lowest BCUT2D eigenvalue weighted by molar-refractivity contribution is -0.105. The summed E-state index contributed by atoms with van der Waals surface area (Å²) in [5, 5.41) is 3.07. The van der Waals surface area contributed by atoms with Crippen molar-refractivity contribution in [3.63, 3.8) is 0 Å². The Bertz CT molecular complexity index is 1090. The van der Waals surface area contributed by atoms with Gasteiger partial charge in [0.05, 0.1) is 23.8 Å². The Labute approximate surface area is 236 Å². The average molecular weight is 564 g/mol. The third kappa shape index (κ3) is 7.90. The van der Waals surface area contributed by atoms with E-state index >= 15 is 0 Å². The minimum atomic E-state index is -0.392. The van der Waals surface area contributed by atoms with Crippen LogP contribution in [0.1, 0.15) is 61.9 Å². The monoisotopic (exact) mass is 563 g/mol. The fourth-order valence-corrected chi connectivity index (χ4v) is 5.43. The van der Waals surface area contributed by atoms with Gasteiger partial charge >= 0.3 is 0 Å². The molecule has 1 amide bonds. The van der Waals surface area contributed by atoms with E-state index < -0.39 is 5.91 Å². The zero-order valence-electron chi connectivity index (χ0n) is 23.7. The molecule has 2 aliphatic rings. The number of amides is 1. The van der Waals surface area contributed by atoms with Crippen LogP contribution in [0.3, 0.4) is 0 Å². The molecule has 9 nitrogen and oxygen atoms in total. The van der Waals surface area contributed by atoms with Crippen LogP contribution in [-0.4, -0.2) is 75.8 Å². The fraction of sp³-hybridized carbons (Fsp3) is 0.586. The van der Waals surface area contributed by atoms with Gasteiger partial charge in [-0.1, -0.05) is 18.5 Å². The number of allylic oxidation sites excluding steroid dienone is 2. The van der Waals surface area contributed by atoms with Gasteiger partial charge in [-0.15, -0.1) is 0 Å². The number of hydrogen-bond acceptors (Lipinski definition) is 8. The Morgan fingerprint density at radius 2 is 2.13 bits per heavy atom. The van der Waals surface area contributed by atoms with Crippen molar-refractivity contribution in [1.29, 1.82) is 0 Å². The van der Waals surface area contributed by atoms with Crippen LogP contribution >= 0.6 is 11.6 Å². The molecule has 3 N–H and O–H groups in total. The number of hydrogen-bond donors (Lipinski definition) is 2. The molecule has 0 bridgehead atoms. The molecule has 216 valence electrons. The summed E-state index contributed by atoms with van der Waals surface area (Å²) in [7, 11) is 3.22. The normalized spacial score (nSPS) is 20.8. The van der Waals surface area contributed by atoms with Crippen molar-refractivity contribution < 1.29 is 28.5 Å². The van der Waals surface area contributed by atoms with Crippen molar-refractivity contribution in [2.75, 3.05) is 40.5 Å². The Morgan fingerprint density at radius 3 is 2.74 bits per heavy atom. The van der Waals surface area contributed by atoms with E-state index in [2.05, 4.69) is 17.1 Å². The maximum absolute atomic E-state index is 13.1. The molecular weight excluding hydrogens is 522 g/mol. The molecule has 0 spiro atoms. The predicted octanol–water partition coefficient (Wildman–Crippen LogP) is 4.15. The SMILES string of the molecule is CC[C@H](CCCC1COc2c(Cl)cc(C(=O)NC/C(C=O)=C(/C=C(/C)N)OC)c(C)c2O1)N1CC[C@H](OC)C1. The van der Waals surface area contributed by atoms with E-state index in [1.807, 2.05) is 0 Å². The number of ether oxygens (including phenoxy) is 4. The topological polar surface area (TPSA) is 112 Å². The number of aldehydes is 1. The van der Waals surface area contributed by atoms with E-state index in [9.17, 15) is 9.59 Å². The van der Waals surface area contributed by atoms with Gasteiger partial charge < -0.3 is 30.0 Å². The Kier molecular flexibility index (Phi) is 11.5. The molecule has 3 rings (SSSR count). The summed E-state index contributed by atoms with van der Waals surface area (Å²) >= 11 is 6.48. The van der Waals surface area contributed by atoms with Gasteiger partial charge in [0.15, 0.2) is 17.8 Å². The third-order valence-corrected chi connectivity index (χ3v) is 7.70. The number of nitrogens with two attached hydrogens (primary N) is 1. The van der Waals surface area contributed by atoms with E-state index in [-0.39, 0.29) is 18.2 Å². The van der Waals surface area contributed by atoms with Gasteiger partial charge in [-0.05, 0) is 58.1 Å². The van der Waals surface area contributed by atoms with Crippen LogP contribution in [0.5, 0.6) is 11.5 Å². The second kappa shape index (κ2) is 14.6. The number of fused-ring (bicyclic) bond motifs is 1. The van der Waals surface area contributed by atoms with Crippen molar-refractivity contribution in [2.45, 2.75) is 71.1 Å². The second-order valence-corrected chi connectivity index (χ2v) is 10.6. The molecule has 39 heavy (non-hydrogen) atoms. The Hall–Kier alpha value is -2.75. The van der Waals surface area contributed by atoms with Gasteiger partial charge in [0.25, 0.3) is 5.91 Å². The molecular formula is C29H42ClN3O6. The van der Waals surface area contributed by atoms with Crippen LogP contribution in [0.2, 0.25) is 5.02 Å². The Balaban J connectivity index is 1.64. The highest BCUT2D eigenvalue weighted by Gasteiger charge is 2.30. The molecule has 0 saturated carbocycles. The third-order valence-electron chi connectivity index (χ3n) is 7.42. The van der Waals surface area contributed by atoms with Crippen LogP contribution in [-0.2, 0) is 14.3 Å². The Morgan fingerprint density at radius 1 is 1.36 bits per heavy atom. The number of benzene rings is 1. The summed E-state index contributed by atoms with van der Waals surface area (Å²) in [6.45, 7) is 8.17. The number of likely N-dealkylation sites (tertiary alicyclic amines) is 1. The molecule has 0 radical (unpaired) electrons. The van der Waals surface area contributed by atoms with E-state index in [1.165, 1.54) is 13.2 Å². The van der Waals surface area contributed by atoms with Crippen molar-refractivity contribution in [1.82, 2.24) is 10.2 Å². The highest BCUT2D eigenvalue weighted by molar-refractivity contribution is 6.32. The molecule has 2 heterocycles. The first-order chi connectivity index (χ1) is 18.7. The standard InChI is InChI=1S/C29H42ClN3O6/c1-6-21(33-11-10-22(15-33)36-4)8-7-9-23-17-38-28-25(30)13-24(19(3)27(28)39-23)29(35)32-14-20(16-34)26(37-5)12-18(2)31/h12-13,16,21-23H,6-11,14-15,17,31H2,1-5H3,(H,32,35)/b18-12-,26-20+/t21-,22+,23?/m1/s1. The van der Waals surface area contributed by atoms with Crippen molar-refractivity contribution in [3.05, 3.63) is 45.3 Å². The van der Waals surface area contributed by atoms with Crippen molar-refractivity contribution >= 4 is 23.8 Å². The molecule has 1 saturated heterocycles. The maximum atomic E-state index is 13.1. The molecule has 1 aromatic rings. The van der Waals surface area contributed by atoms with Gasteiger partial charge in [-0.2, -0.15) is 0 Å². The van der Waals surface area contributed by atoms with Crippen LogP contribution in [0, 0.1) is 6.92 Å². The minimum Gasteiger partial charge on any atom is -0.496 e. The summed E-state index contributed by atoms with van der Waals surface area (Å²) in [5.74, 6) is 0.842. The molecule has 10 heteroatoms. The quantitative estimate of drug-likeness (QED) is 0.159. The van der Waals surface area contributed by atoms with Gasteiger partial charge in [-0.3, -0.25) is 14.5 Å². The molecule has 1 fully saturated rings. The highest BCUT2D eigenvalue weighted by atomic mass is 35.5. The number of carbonyl (C=O) groups excluding carboxylic acids is 2. The van der Waals surface area contributed by atoms with Gasteiger partial charge in [0.2, 0.25) is 0 Å². The largest absolute Gasteiger partial charge is 0.496 e. The summed E-state index contributed by atoms with van der Waals surface area (Å²) < 4.78 is 23.1. The van der Waals surface area contributed by atoms with E-state index in [0.717, 1.165) is 45.2 Å². The summed E-state index contributed by atoms with van der Waals surface area (Å²) in [4.78, 5) is 27.2. The van der Waals surface area contributed by atoms with Gasteiger partial charge in [0, 0.05) is 49.6 Å². The smallest absolute Gasteiger partial charge is 0.252 e. The second-order valence-electron chi connectivity index (χ2n) is 10.2. The highest BCUT2D eigenvalue weighted by Crippen LogP contribution is 2.43. The molecule has 0 aliphatic carbocycles. The van der Waals surface area contributed by atoms with Crippen LogP contribution in [0.15, 0.2) is 29.2 Å². The summed E-state index contributed by atoms with van der Waals surface area (Å²) in [6, 6.07) is 2.09. The maximum Gasteiger partial charge on any atom is 0.252 e. The van der Waals surface area contributed by atoms with Crippen LogP contribution in [0.4, 0.5) is 0 Å². The lowest BCUT2D eigenvalue weighted by Crippen LogP contribution is -2.35.